The van der Waals surface area contributed by atoms with E-state index in [-0.39, 0.29) is 28.8 Å². The van der Waals surface area contributed by atoms with E-state index >= 15 is 0 Å². The molecule has 5 rings (SSSR count). The number of ether oxygens (including phenoxy) is 3. The van der Waals surface area contributed by atoms with Crippen molar-refractivity contribution in [3.8, 4) is 39.8 Å². The average Bonchev–Trinajstić information content (AvgIpc) is 3.46. The van der Waals surface area contributed by atoms with Crippen LogP contribution in [0.5, 0.6) is 17.2 Å². The summed E-state index contributed by atoms with van der Waals surface area (Å²) < 4.78 is 19.2. The van der Waals surface area contributed by atoms with Gasteiger partial charge in [-0.25, -0.2) is 4.98 Å². The van der Waals surface area contributed by atoms with Gasteiger partial charge in [-0.3, -0.25) is 14.4 Å². The molecule has 0 radical (unpaired) electrons. The lowest BCUT2D eigenvalue weighted by Gasteiger charge is -2.24. The summed E-state index contributed by atoms with van der Waals surface area (Å²) in [7, 11) is 4.68. The number of aromatic nitrogens is 2. The number of hydrogen-bond donors (Lipinski definition) is 3. The number of amides is 2. The minimum Gasteiger partial charge on any atom is -0.493 e. The van der Waals surface area contributed by atoms with Gasteiger partial charge in [-0.1, -0.05) is 56.7 Å². The number of rotatable bonds is 13. The molecule has 0 bridgehead atoms. The number of benzene rings is 2. The average molecular weight is 668 g/mol. The fourth-order valence-corrected chi connectivity index (χ4v) is 6.44. The lowest BCUT2D eigenvalue weighted by Crippen LogP contribution is -2.45. The highest BCUT2D eigenvalue weighted by Crippen LogP contribution is 2.50. The second kappa shape index (κ2) is 15.7. The van der Waals surface area contributed by atoms with Crippen LogP contribution in [0.1, 0.15) is 50.8 Å². The predicted octanol–water partition coefficient (Wildman–Crippen LogP) is 5.37. The Morgan fingerprint density at radius 3 is 2.45 bits per heavy atom. The van der Waals surface area contributed by atoms with Crippen LogP contribution in [-0.4, -0.2) is 55.3 Å². The molecular formula is C38H45N5O6. The van der Waals surface area contributed by atoms with Crippen LogP contribution in [0.2, 0.25) is 0 Å². The van der Waals surface area contributed by atoms with Crippen LogP contribution in [0.4, 0.5) is 5.69 Å². The summed E-state index contributed by atoms with van der Waals surface area (Å²) in [4.78, 5) is 44.4. The molecule has 0 spiro atoms. The van der Waals surface area contributed by atoms with Crippen LogP contribution < -0.4 is 35.6 Å². The zero-order valence-electron chi connectivity index (χ0n) is 29.0. The first kappa shape index (κ1) is 35.0. The Morgan fingerprint density at radius 1 is 1.02 bits per heavy atom. The Labute approximate surface area is 287 Å². The molecule has 1 aromatic heterocycles. The quantitative estimate of drug-likeness (QED) is 0.173. The minimum absolute atomic E-state index is 0.0828. The summed E-state index contributed by atoms with van der Waals surface area (Å²) >= 11 is 0. The maximum absolute atomic E-state index is 13.9. The van der Waals surface area contributed by atoms with Gasteiger partial charge in [0.25, 0.3) is 0 Å². The van der Waals surface area contributed by atoms with Crippen molar-refractivity contribution in [3.63, 3.8) is 0 Å². The summed E-state index contributed by atoms with van der Waals surface area (Å²) in [5.74, 6) is 1.76. The highest BCUT2D eigenvalue weighted by molar-refractivity contribution is 5.86. The number of imidazole rings is 1. The number of hydrogen-bond acceptors (Lipinski definition) is 8. The van der Waals surface area contributed by atoms with Crippen LogP contribution in [0.15, 0.2) is 71.8 Å². The third-order valence-corrected chi connectivity index (χ3v) is 9.12. The van der Waals surface area contributed by atoms with Gasteiger partial charge in [0.05, 0.1) is 33.1 Å². The number of nitrogens with zero attached hydrogens (tertiary/aromatic N) is 2. The van der Waals surface area contributed by atoms with Crippen molar-refractivity contribution in [1.82, 2.24) is 20.2 Å². The molecule has 3 aromatic carbocycles. The van der Waals surface area contributed by atoms with E-state index < -0.39 is 12.1 Å². The minimum atomic E-state index is -0.673. The fraction of sp³-hybridized carbons (Fsp3) is 0.368. The summed E-state index contributed by atoms with van der Waals surface area (Å²) in [6.45, 7) is 6.37. The van der Waals surface area contributed by atoms with Crippen molar-refractivity contribution >= 4 is 17.5 Å². The van der Waals surface area contributed by atoms with Gasteiger partial charge >= 0.3 is 0 Å². The molecule has 49 heavy (non-hydrogen) atoms. The van der Waals surface area contributed by atoms with E-state index in [0.29, 0.717) is 60.7 Å². The first-order valence-corrected chi connectivity index (χ1v) is 16.6. The van der Waals surface area contributed by atoms with Crippen LogP contribution in [0.25, 0.3) is 22.5 Å². The Bertz CT molecular complexity index is 1860. The van der Waals surface area contributed by atoms with E-state index in [0.717, 1.165) is 22.5 Å². The molecule has 3 atom stereocenters. The van der Waals surface area contributed by atoms with Gasteiger partial charge in [0.2, 0.25) is 23.0 Å². The molecule has 1 aliphatic carbocycles. The summed E-state index contributed by atoms with van der Waals surface area (Å²) in [6, 6.07) is 15.8. The summed E-state index contributed by atoms with van der Waals surface area (Å²) in [5, 5.41) is 9.37. The largest absolute Gasteiger partial charge is 0.493 e. The van der Waals surface area contributed by atoms with E-state index in [2.05, 4.69) is 20.9 Å². The van der Waals surface area contributed by atoms with E-state index in [1.165, 1.54) is 6.92 Å². The second-order valence-electron chi connectivity index (χ2n) is 12.2. The van der Waals surface area contributed by atoms with Gasteiger partial charge in [-0.2, -0.15) is 0 Å². The molecule has 4 aromatic rings. The molecule has 0 saturated carbocycles. The maximum atomic E-state index is 13.9. The molecule has 11 nitrogen and oxygen atoms in total. The zero-order chi connectivity index (χ0) is 35.1. The number of carbonyl (C=O) groups excluding carboxylic acids is 2. The van der Waals surface area contributed by atoms with E-state index in [1.54, 1.807) is 39.7 Å². The second-order valence-corrected chi connectivity index (χ2v) is 12.2. The molecule has 258 valence electrons. The third-order valence-electron chi connectivity index (χ3n) is 9.12. The lowest BCUT2D eigenvalue weighted by atomic mass is 9.95. The van der Waals surface area contributed by atoms with Crippen molar-refractivity contribution in [2.75, 3.05) is 33.2 Å². The smallest absolute Gasteiger partial charge is 0.242 e. The molecular weight excluding hydrogens is 622 g/mol. The predicted molar refractivity (Wildman–Crippen MR) is 190 cm³/mol. The first-order valence-electron chi connectivity index (χ1n) is 16.6. The summed E-state index contributed by atoms with van der Waals surface area (Å²) in [6.07, 6.45) is 5.49. The molecule has 2 amide bonds. The Morgan fingerprint density at radius 2 is 1.78 bits per heavy atom. The van der Waals surface area contributed by atoms with Crippen molar-refractivity contribution < 1.29 is 23.8 Å². The van der Waals surface area contributed by atoms with Crippen LogP contribution >= 0.6 is 0 Å². The van der Waals surface area contributed by atoms with Gasteiger partial charge < -0.3 is 34.7 Å². The number of fused-ring (bicyclic) bond motifs is 3. The van der Waals surface area contributed by atoms with Crippen molar-refractivity contribution in [2.45, 2.75) is 58.7 Å². The molecule has 0 saturated heterocycles. The molecule has 0 unspecified atom stereocenters. The van der Waals surface area contributed by atoms with E-state index in [9.17, 15) is 14.4 Å². The van der Waals surface area contributed by atoms with Gasteiger partial charge in [0.15, 0.2) is 11.5 Å². The third kappa shape index (κ3) is 7.56. The van der Waals surface area contributed by atoms with Crippen molar-refractivity contribution in [2.24, 2.45) is 5.92 Å². The Kier molecular flexibility index (Phi) is 11.2. The molecule has 0 aliphatic heterocycles. The van der Waals surface area contributed by atoms with Crippen molar-refractivity contribution in [3.05, 3.63) is 88.3 Å². The standard InChI is InChI=1S/C38H45N5O6/c1-7-23(2)34(38(46)40-18-20-43-19-17-39-37(43)25-11-9-8-10-12-25)42-30-16-14-27-28(22-31(30)45)29(41-24(3)44)15-13-26-21-32(47-4)35(48-5)36(49-6)33(26)27/h8-12,14,16-17,19,21-23,29,34H,7,13,15,18,20H2,1-6H3,(H,40,46)(H,41,44)(H,42,45)/t23-,29+,34+/m1/s1. The van der Waals surface area contributed by atoms with E-state index in [1.807, 2.05) is 67.1 Å². The monoisotopic (exact) mass is 667 g/mol. The number of methoxy groups -OCH3 is 3. The van der Waals surface area contributed by atoms with Gasteiger partial charge in [-0.15, -0.1) is 0 Å². The highest BCUT2D eigenvalue weighted by atomic mass is 16.5. The van der Waals surface area contributed by atoms with Gasteiger partial charge in [-0.05, 0) is 53.6 Å². The van der Waals surface area contributed by atoms with Crippen LogP contribution in [0.3, 0.4) is 0 Å². The van der Waals surface area contributed by atoms with Gasteiger partial charge in [0.1, 0.15) is 11.9 Å². The first-order chi connectivity index (χ1) is 23.7. The summed E-state index contributed by atoms with van der Waals surface area (Å²) in [5.41, 5.74) is 4.03. The van der Waals surface area contributed by atoms with Crippen LogP contribution in [-0.2, 0) is 22.6 Å². The number of carbonyl (C=O) groups is 2. The molecule has 1 aliphatic rings. The molecule has 3 N–H and O–H groups in total. The van der Waals surface area contributed by atoms with Crippen molar-refractivity contribution in [1.29, 1.82) is 0 Å². The zero-order valence-corrected chi connectivity index (χ0v) is 29.0. The van der Waals surface area contributed by atoms with Crippen LogP contribution in [0, 0.1) is 5.92 Å². The topological polar surface area (TPSA) is 133 Å². The Hall–Kier alpha value is -5.32. The maximum Gasteiger partial charge on any atom is 0.242 e. The highest BCUT2D eigenvalue weighted by Gasteiger charge is 2.30. The molecule has 0 fully saturated rings. The lowest BCUT2D eigenvalue weighted by molar-refractivity contribution is -0.123. The van der Waals surface area contributed by atoms with E-state index in [4.69, 9.17) is 14.2 Å². The van der Waals surface area contributed by atoms with Gasteiger partial charge in [0, 0.05) is 43.5 Å². The fourth-order valence-electron chi connectivity index (χ4n) is 6.44. The normalized spacial score (nSPS) is 14.7. The number of aryl methyl sites for hydroxylation is 1. The Balaban J connectivity index is 1.48. The number of anilines is 1. The molecule has 1 heterocycles. The SMILES string of the molecule is CC[C@@H](C)[C@H](Nc1ccc2c(cc1=O)[C@@H](NC(C)=O)CCc1cc(OC)c(OC)c(OC)c1-2)C(=O)NCCn1ccnc1-c1ccccc1. The molecule has 11 heteroatoms. The number of nitrogens with one attached hydrogen (secondary N) is 3.